The lowest BCUT2D eigenvalue weighted by Gasteiger charge is -2.00. The first-order valence-electron chi connectivity index (χ1n) is 3.30. The molecule has 0 heterocycles. The van der Waals surface area contributed by atoms with Gasteiger partial charge in [-0.1, -0.05) is 11.6 Å². The van der Waals surface area contributed by atoms with Gasteiger partial charge in [-0.2, -0.15) is 0 Å². The van der Waals surface area contributed by atoms with Gasteiger partial charge in [0.1, 0.15) is 5.84 Å². The van der Waals surface area contributed by atoms with Crippen LogP contribution >= 0.6 is 11.6 Å². The Morgan fingerprint density at radius 3 is 2.69 bits per heavy atom. The van der Waals surface area contributed by atoms with E-state index >= 15 is 0 Å². The van der Waals surface area contributed by atoms with Crippen LogP contribution in [-0.4, -0.2) is 10.8 Å². The molecule has 0 amide bonds. The highest BCUT2D eigenvalue weighted by atomic mass is 35.5. The number of hydrogen-bond acceptors (Lipinski definition) is 3. The minimum atomic E-state index is -0.604. The van der Waals surface area contributed by atoms with Gasteiger partial charge in [0.05, 0.1) is 10.5 Å². The second-order valence-electron chi connectivity index (χ2n) is 2.33. The molecule has 1 aromatic rings. The molecular formula is C7H6ClN3O2. The minimum absolute atomic E-state index is 0.0394. The minimum Gasteiger partial charge on any atom is -0.383 e. The third kappa shape index (κ3) is 1.94. The van der Waals surface area contributed by atoms with Crippen molar-refractivity contribution in [2.75, 3.05) is 0 Å². The summed E-state index contributed by atoms with van der Waals surface area (Å²) in [5.74, 6) is -0.366. The predicted molar refractivity (Wildman–Crippen MR) is 49.1 cm³/mol. The largest absolute Gasteiger partial charge is 0.383 e. The fraction of sp³-hybridized carbons (Fsp3) is 0. The molecule has 0 unspecified atom stereocenters. The van der Waals surface area contributed by atoms with Gasteiger partial charge in [0.15, 0.2) is 0 Å². The van der Waals surface area contributed by atoms with E-state index in [2.05, 4.69) is 0 Å². The Labute approximate surface area is 78.8 Å². The van der Waals surface area contributed by atoms with Crippen molar-refractivity contribution in [3.05, 3.63) is 38.9 Å². The van der Waals surface area contributed by atoms with E-state index in [1.165, 1.54) is 18.2 Å². The molecule has 0 radical (unpaired) electrons. The molecule has 1 aromatic carbocycles. The molecule has 0 aliphatic heterocycles. The topological polar surface area (TPSA) is 93.0 Å². The van der Waals surface area contributed by atoms with E-state index in [0.717, 1.165) is 0 Å². The molecule has 0 spiro atoms. The van der Waals surface area contributed by atoms with E-state index < -0.39 is 4.92 Å². The Balaban J connectivity index is 3.35. The maximum Gasteiger partial charge on any atom is 0.280 e. The standard InChI is InChI=1S/C7H6ClN3O2/c8-4-1-2-6(11(12)13)5(3-4)7(9)10/h1-3H,(H3,9,10). The number of benzene rings is 1. The van der Waals surface area contributed by atoms with Crippen LogP contribution in [0, 0.1) is 15.5 Å². The lowest BCUT2D eigenvalue weighted by Crippen LogP contribution is -2.13. The van der Waals surface area contributed by atoms with Crippen molar-refractivity contribution in [3.8, 4) is 0 Å². The lowest BCUT2D eigenvalue weighted by molar-refractivity contribution is -0.385. The number of nitro groups is 1. The summed E-state index contributed by atoms with van der Waals surface area (Å²) in [6.07, 6.45) is 0. The Morgan fingerprint density at radius 1 is 1.62 bits per heavy atom. The summed E-state index contributed by atoms with van der Waals surface area (Å²) in [6.45, 7) is 0. The van der Waals surface area contributed by atoms with Gasteiger partial charge in [0, 0.05) is 11.1 Å². The van der Waals surface area contributed by atoms with Gasteiger partial charge in [-0.05, 0) is 12.1 Å². The summed E-state index contributed by atoms with van der Waals surface area (Å²) in [5, 5.41) is 17.8. The van der Waals surface area contributed by atoms with Gasteiger partial charge in [-0.15, -0.1) is 0 Å². The zero-order valence-electron chi connectivity index (χ0n) is 6.45. The number of halogens is 1. The van der Waals surface area contributed by atoms with Crippen molar-refractivity contribution in [3.63, 3.8) is 0 Å². The van der Waals surface area contributed by atoms with Crippen LogP contribution < -0.4 is 5.73 Å². The third-order valence-corrected chi connectivity index (χ3v) is 1.68. The summed E-state index contributed by atoms with van der Waals surface area (Å²) < 4.78 is 0. The number of amidine groups is 1. The van der Waals surface area contributed by atoms with Gasteiger partial charge in [0.25, 0.3) is 5.69 Å². The summed E-state index contributed by atoms with van der Waals surface area (Å²) in [7, 11) is 0. The van der Waals surface area contributed by atoms with E-state index in [0.29, 0.717) is 5.02 Å². The van der Waals surface area contributed by atoms with Gasteiger partial charge >= 0.3 is 0 Å². The molecule has 3 N–H and O–H groups in total. The van der Waals surface area contributed by atoms with E-state index in [4.69, 9.17) is 22.7 Å². The van der Waals surface area contributed by atoms with Crippen molar-refractivity contribution in [2.24, 2.45) is 5.73 Å². The van der Waals surface area contributed by atoms with Crippen LogP contribution in [-0.2, 0) is 0 Å². The first kappa shape index (κ1) is 9.47. The fourth-order valence-electron chi connectivity index (χ4n) is 0.883. The van der Waals surface area contributed by atoms with Gasteiger partial charge in [-0.25, -0.2) is 0 Å². The average molecular weight is 200 g/mol. The van der Waals surface area contributed by atoms with Crippen molar-refractivity contribution in [1.29, 1.82) is 5.41 Å². The highest BCUT2D eigenvalue weighted by molar-refractivity contribution is 6.31. The Hall–Kier alpha value is -1.62. The summed E-state index contributed by atoms with van der Waals surface area (Å²) >= 11 is 5.59. The third-order valence-electron chi connectivity index (χ3n) is 1.45. The normalized spacial score (nSPS) is 9.62. The Kier molecular flexibility index (Phi) is 2.48. The van der Waals surface area contributed by atoms with Crippen LogP contribution in [0.1, 0.15) is 5.56 Å². The number of nitrogens with two attached hydrogens (primary N) is 1. The molecule has 6 heteroatoms. The monoisotopic (exact) mass is 199 g/mol. The number of rotatable bonds is 2. The van der Waals surface area contributed by atoms with Crippen molar-refractivity contribution in [1.82, 2.24) is 0 Å². The number of hydrogen-bond donors (Lipinski definition) is 2. The summed E-state index contributed by atoms with van der Waals surface area (Å²) in [6, 6.07) is 3.90. The highest BCUT2D eigenvalue weighted by Gasteiger charge is 2.15. The van der Waals surface area contributed by atoms with Crippen molar-refractivity contribution >= 4 is 23.1 Å². The first-order chi connectivity index (χ1) is 6.02. The van der Waals surface area contributed by atoms with E-state index in [9.17, 15) is 10.1 Å². The van der Waals surface area contributed by atoms with Crippen molar-refractivity contribution < 1.29 is 4.92 Å². The number of nitrogens with zero attached hydrogens (tertiary/aromatic N) is 1. The maximum atomic E-state index is 10.4. The number of nitrogen functional groups attached to an aromatic ring is 1. The van der Waals surface area contributed by atoms with Crippen LogP contribution in [0.15, 0.2) is 18.2 Å². The molecular weight excluding hydrogens is 194 g/mol. The van der Waals surface area contributed by atoms with Crippen LogP contribution in [0.25, 0.3) is 0 Å². The number of nitro benzene ring substituents is 1. The molecule has 0 atom stereocenters. The second-order valence-corrected chi connectivity index (χ2v) is 2.77. The van der Waals surface area contributed by atoms with Crippen LogP contribution in [0.5, 0.6) is 0 Å². The summed E-state index contributed by atoms with van der Waals surface area (Å²) in [4.78, 5) is 9.84. The van der Waals surface area contributed by atoms with Crippen LogP contribution in [0.3, 0.4) is 0 Å². The average Bonchev–Trinajstić information content (AvgIpc) is 2.03. The molecule has 0 saturated heterocycles. The van der Waals surface area contributed by atoms with E-state index in [1.807, 2.05) is 0 Å². The van der Waals surface area contributed by atoms with E-state index in [-0.39, 0.29) is 17.1 Å². The molecule has 13 heavy (non-hydrogen) atoms. The SMILES string of the molecule is N=C(N)c1cc(Cl)ccc1[N+](=O)[O-]. The molecule has 68 valence electrons. The Morgan fingerprint density at radius 2 is 2.23 bits per heavy atom. The smallest absolute Gasteiger partial charge is 0.280 e. The highest BCUT2D eigenvalue weighted by Crippen LogP contribution is 2.21. The molecule has 5 nitrogen and oxygen atoms in total. The molecule has 0 fully saturated rings. The quantitative estimate of drug-likeness (QED) is 0.327. The molecule has 1 rings (SSSR count). The predicted octanol–water partition coefficient (Wildman–Crippen LogP) is 1.53. The number of nitrogens with one attached hydrogen (secondary N) is 1. The zero-order chi connectivity index (χ0) is 10.0. The fourth-order valence-corrected chi connectivity index (χ4v) is 1.06. The van der Waals surface area contributed by atoms with Crippen molar-refractivity contribution in [2.45, 2.75) is 0 Å². The van der Waals surface area contributed by atoms with Crippen LogP contribution in [0.4, 0.5) is 5.69 Å². The van der Waals surface area contributed by atoms with Gasteiger partial charge < -0.3 is 5.73 Å². The van der Waals surface area contributed by atoms with E-state index in [1.54, 1.807) is 0 Å². The molecule has 0 saturated carbocycles. The molecule has 0 aliphatic carbocycles. The second kappa shape index (κ2) is 3.40. The van der Waals surface area contributed by atoms with Gasteiger partial charge in [0.2, 0.25) is 0 Å². The zero-order valence-corrected chi connectivity index (χ0v) is 7.21. The molecule has 0 aliphatic rings. The summed E-state index contributed by atoms with van der Waals surface area (Å²) in [5.41, 5.74) is 4.97. The maximum absolute atomic E-state index is 10.4. The molecule has 0 aromatic heterocycles. The first-order valence-corrected chi connectivity index (χ1v) is 3.68. The Bertz CT molecular complexity index is 378. The van der Waals surface area contributed by atoms with Crippen LogP contribution in [0.2, 0.25) is 5.02 Å². The lowest BCUT2D eigenvalue weighted by atomic mass is 10.1. The van der Waals surface area contributed by atoms with Gasteiger partial charge in [-0.3, -0.25) is 15.5 Å². The molecule has 0 bridgehead atoms.